The quantitative estimate of drug-likeness (QED) is 0.872. The van der Waals surface area contributed by atoms with Crippen LogP contribution in [0, 0.1) is 0 Å². The number of thioether (sulfide) groups is 1. The SMILES string of the molecule is NC(=O)CSC1=N/C(=C/c2ccccc2)C(=O)N1c1ccccc1. The van der Waals surface area contributed by atoms with E-state index in [9.17, 15) is 9.59 Å². The molecular formula is C18H15N3O2S. The van der Waals surface area contributed by atoms with E-state index in [0.29, 0.717) is 16.6 Å². The number of carbonyl (C=O) groups is 2. The van der Waals surface area contributed by atoms with E-state index in [1.54, 1.807) is 6.08 Å². The lowest BCUT2D eigenvalue weighted by molar-refractivity contribution is -0.115. The minimum Gasteiger partial charge on any atom is -0.369 e. The summed E-state index contributed by atoms with van der Waals surface area (Å²) in [6.07, 6.45) is 1.73. The molecule has 0 radical (unpaired) electrons. The van der Waals surface area contributed by atoms with E-state index in [4.69, 9.17) is 5.73 Å². The Kier molecular flexibility index (Phi) is 4.77. The number of amidine groups is 1. The van der Waals surface area contributed by atoms with Crippen LogP contribution in [0.5, 0.6) is 0 Å². The summed E-state index contributed by atoms with van der Waals surface area (Å²) in [6, 6.07) is 18.7. The molecule has 0 bridgehead atoms. The van der Waals surface area contributed by atoms with Gasteiger partial charge in [0.05, 0.1) is 11.4 Å². The average molecular weight is 337 g/mol. The van der Waals surface area contributed by atoms with Gasteiger partial charge in [-0.3, -0.25) is 14.5 Å². The summed E-state index contributed by atoms with van der Waals surface area (Å²) in [6.45, 7) is 0. The predicted octanol–water partition coefficient (Wildman–Crippen LogP) is 2.65. The molecule has 0 saturated heterocycles. The minimum absolute atomic E-state index is 0.0636. The number of primary amides is 1. The molecule has 2 N–H and O–H groups in total. The van der Waals surface area contributed by atoms with E-state index in [1.165, 1.54) is 4.90 Å². The summed E-state index contributed by atoms with van der Waals surface area (Å²) in [5.41, 5.74) is 7.14. The van der Waals surface area contributed by atoms with Crippen LogP contribution in [-0.2, 0) is 9.59 Å². The Morgan fingerprint density at radius 1 is 1.08 bits per heavy atom. The van der Waals surface area contributed by atoms with Crippen LogP contribution in [0.1, 0.15) is 5.56 Å². The van der Waals surface area contributed by atoms with Crippen molar-refractivity contribution in [2.45, 2.75) is 0 Å². The Balaban J connectivity index is 1.96. The van der Waals surface area contributed by atoms with Crippen molar-refractivity contribution in [3.63, 3.8) is 0 Å². The fourth-order valence-corrected chi connectivity index (χ4v) is 2.99. The summed E-state index contributed by atoms with van der Waals surface area (Å²) < 4.78 is 0. The van der Waals surface area contributed by atoms with Gasteiger partial charge in [-0.15, -0.1) is 0 Å². The molecule has 1 heterocycles. The molecule has 0 spiro atoms. The van der Waals surface area contributed by atoms with E-state index in [-0.39, 0.29) is 11.7 Å². The van der Waals surface area contributed by atoms with E-state index >= 15 is 0 Å². The molecule has 120 valence electrons. The van der Waals surface area contributed by atoms with Gasteiger partial charge in [-0.05, 0) is 23.8 Å². The zero-order valence-electron chi connectivity index (χ0n) is 12.8. The molecule has 0 saturated carbocycles. The monoisotopic (exact) mass is 337 g/mol. The maximum atomic E-state index is 12.8. The molecule has 24 heavy (non-hydrogen) atoms. The highest BCUT2D eigenvalue weighted by atomic mass is 32.2. The van der Waals surface area contributed by atoms with Gasteiger partial charge in [-0.2, -0.15) is 0 Å². The molecule has 0 unspecified atom stereocenters. The molecule has 5 nitrogen and oxygen atoms in total. The minimum atomic E-state index is -0.455. The highest BCUT2D eigenvalue weighted by Crippen LogP contribution is 2.29. The van der Waals surface area contributed by atoms with E-state index in [0.717, 1.165) is 17.3 Å². The van der Waals surface area contributed by atoms with E-state index < -0.39 is 5.91 Å². The molecule has 1 aliphatic heterocycles. The number of amides is 2. The van der Waals surface area contributed by atoms with Gasteiger partial charge >= 0.3 is 0 Å². The molecular weight excluding hydrogens is 322 g/mol. The number of para-hydroxylation sites is 1. The molecule has 1 aliphatic rings. The fraction of sp³-hybridized carbons (Fsp3) is 0.0556. The Morgan fingerprint density at radius 3 is 2.33 bits per heavy atom. The second-order valence-corrected chi connectivity index (χ2v) is 6.01. The van der Waals surface area contributed by atoms with Crippen molar-refractivity contribution in [2.75, 3.05) is 10.7 Å². The van der Waals surface area contributed by atoms with Crippen molar-refractivity contribution in [2.24, 2.45) is 10.7 Å². The molecule has 2 aromatic rings. The normalized spacial score (nSPS) is 15.7. The summed E-state index contributed by atoms with van der Waals surface area (Å²) in [7, 11) is 0. The van der Waals surface area contributed by atoms with Gasteiger partial charge in [-0.1, -0.05) is 60.3 Å². The standard InChI is InChI=1S/C18H15N3O2S/c19-16(22)12-24-18-20-15(11-13-7-3-1-4-8-13)17(23)21(18)14-9-5-2-6-10-14/h1-11H,12H2,(H2,19,22)/b15-11+. The zero-order valence-corrected chi connectivity index (χ0v) is 13.6. The van der Waals surface area contributed by atoms with Crippen LogP contribution in [0.2, 0.25) is 0 Å². The largest absolute Gasteiger partial charge is 0.369 e. The zero-order chi connectivity index (χ0) is 16.9. The fourth-order valence-electron chi connectivity index (χ4n) is 2.24. The first-order chi connectivity index (χ1) is 11.6. The molecule has 0 aliphatic carbocycles. The smallest absolute Gasteiger partial charge is 0.283 e. The van der Waals surface area contributed by atoms with Gasteiger partial charge in [0.25, 0.3) is 5.91 Å². The molecule has 0 atom stereocenters. The topological polar surface area (TPSA) is 75.8 Å². The van der Waals surface area contributed by atoms with Crippen LogP contribution in [-0.4, -0.2) is 22.7 Å². The lowest BCUT2D eigenvalue weighted by atomic mass is 10.2. The third-order valence-electron chi connectivity index (χ3n) is 3.29. The predicted molar refractivity (Wildman–Crippen MR) is 97.4 cm³/mol. The van der Waals surface area contributed by atoms with Crippen LogP contribution in [0.3, 0.4) is 0 Å². The van der Waals surface area contributed by atoms with Crippen molar-refractivity contribution >= 4 is 40.5 Å². The first-order valence-corrected chi connectivity index (χ1v) is 8.30. The number of aliphatic imine (C=N–C) groups is 1. The maximum Gasteiger partial charge on any atom is 0.283 e. The van der Waals surface area contributed by atoms with Crippen LogP contribution >= 0.6 is 11.8 Å². The van der Waals surface area contributed by atoms with Crippen molar-refractivity contribution in [1.29, 1.82) is 0 Å². The van der Waals surface area contributed by atoms with E-state index in [2.05, 4.69) is 4.99 Å². The van der Waals surface area contributed by atoms with Gasteiger partial charge < -0.3 is 5.73 Å². The van der Waals surface area contributed by atoms with Gasteiger partial charge in [0, 0.05) is 0 Å². The second kappa shape index (κ2) is 7.14. The molecule has 0 fully saturated rings. The van der Waals surface area contributed by atoms with Crippen molar-refractivity contribution in [1.82, 2.24) is 0 Å². The molecule has 2 amide bonds. The Morgan fingerprint density at radius 2 is 1.71 bits per heavy atom. The molecule has 3 rings (SSSR count). The van der Waals surface area contributed by atoms with Crippen LogP contribution < -0.4 is 10.6 Å². The lowest BCUT2D eigenvalue weighted by Gasteiger charge is -2.17. The molecule has 0 aromatic heterocycles. The Bertz CT molecular complexity index is 817. The van der Waals surface area contributed by atoms with Crippen LogP contribution in [0.25, 0.3) is 6.08 Å². The number of hydrogen-bond acceptors (Lipinski definition) is 4. The first kappa shape index (κ1) is 16.0. The van der Waals surface area contributed by atoms with Gasteiger partial charge in [0.2, 0.25) is 5.91 Å². The third-order valence-corrected chi connectivity index (χ3v) is 4.25. The number of nitrogens with zero attached hydrogens (tertiary/aromatic N) is 2. The Hall–Kier alpha value is -2.86. The van der Waals surface area contributed by atoms with Crippen molar-refractivity contribution in [3.05, 3.63) is 71.9 Å². The summed E-state index contributed by atoms with van der Waals surface area (Å²) in [5.74, 6) is -0.616. The van der Waals surface area contributed by atoms with Gasteiger partial charge in [-0.25, -0.2) is 4.99 Å². The highest BCUT2D eigenvalue weighted by molar-refractivity contribution is 8.14. The van der Waals surface area contributed by atoms with E-state index in [1.807, 2.05) is 60.7 Å². The van der Waals surface area contributed by atoms with Gasteiger partial charge in [0.1, 0.15) is 5.70 Å². The van der Waals surface area contributed by atoms with Crippen molar-refractivity contribution < 1.29 is 9.59 Å². The number of hydrogen-bond donors (Lipinski definition) is 1. The number of rotatable bonds is 4. The maximum absolute atomic E-state index is 12.8. The van der Waals surface area contributed by atoms with Crippen molar-refractivity contribution in [3.8, 4) is 0 Å². The van der Waals surface area contributed by atoms with Crippen LogP contribution in [0.15, 0.2) is 71.4 Å². The first-order valence-electron chi connectivity index (χ1n) is 7.31. The summed E-state index contributed by atoms with van der Waals surface area (Å²) in [4.78, 5) is 29.8. The Labute approximate surface area is 143 Å². The average Bonchev–Trinajstić information content (AvgIpc) is 2.90. The summed E-state index contributed by atoms with van der Waals surface area (Å²) in [5, 5.41) is 0.451. The third kappa shape index (κ3) is 3.55. The molecule has 2 aromatic carbocycles. The lowest BCUT2D eigenvalue weighted by Crippen LogP contribution is -2.31. The number of anilines is 1. The highest BCUT2D eigenvalue weighted by Gasteiger charge is 2.32. The number of carbonyl (C=O) groups excluding carboxylic acids is 2. The van der Waals surface area contributed by atoms with Crippen LogP contribution in [0.4, 0.5) is 5.69 Å². The second-order valence-electron chi connectivity index (χ2n) is 5.07. The van der Waals surface area contributed by atoms with Gasteiger partial charge in [0.15, 0.2) is 5.17 Å². The summed E-state index contributed by atoms with van der Waals surface area (Å²) >= 11 is 1.15. The number of benzene rings is 2. The molecule has 6 heteroatoms. The number of nitrogens with two attached hydrogens (primary N) is 1.